The van der Waals surface area contributed by atoms with Gasteiger partial charge in [0.15, 0.2) is 5.96 Å². The Bertz CT molecular complexity index is 469. The van der Waals surface area contributed by atoms with Gasteiger partial charge in [-0.25, -0.2) is 0 Å². The van der Waals surface area contributed by atoms with E-state index in [1.807, 2.05) is 7.05 Å². The van der Waals surface area contributed by atoms with Crippen LogP contribution >= 0.6 is 15.9 Å². The third-order valence-electron chi connectivity index (χ3n) is 3.96. The van der Waals surface area contributed by atoms with Gasteiger partial charge in [0, 0.05) is 24.1 Å². The van der Waals surface area contributed by atoms with E-state index in [0.29, 0.717) is 17.9 Å². The Morgan fingerprint density at radius 3 is 2.85 bits per heavy atom. The Morgan fingerprint density at radius 1 is 1.50 bits per heavy atom. The molecule has 1 atom stereocenters. The third-order valence-corrected chi connectivity index (χ3v) is 4.45. The Kier molecular flexibility index (Phi) is 5.46. The first-order chi connectivity index (χ1) is 9.60. The summed E-state index contributed by atoms with van der Waals surface area (Å²) in [6.45, 7) is 3.03. The second kappa shape index (κ2) is 7.11. The smallest absolute Gasteiger partial charge is 0.191 e. The second-order valence-electron chi connectivity index (χ2n) is 5.65. The summed E-state index contributed by atoms with van der Waals surface area (Å²) in [5.74, 6) is 1.25. The minimum atomic E-state index is 0.551. The van der Waals surface area contributed by atoms with Crippen molar-refractivity contribution in [2.24, 2.45) is 16.6 Å². The third kappa shape index (κ3) is 4.51. The molecule has 2 rings (SSSR count). The van der Waals surface area contributed by atoms with Crippen molar-refractivity contribution in [2.75, 3.05) is 13.6 Å². The van der Waals surface area contributed by atoms with Crippen molar-refractivity contribution in [1.82, 2.24) is 4.90 Å². The maximum Gasteiger partial charge on any atom is 0.191 e. The molecular weight excluding hydrogens is 314 g/mol. The number of aliphatic imine (C=N–C) groups is 1. The molecule has 1 saturated carbocycles. The van der Waals surface area contributed by atoms with E-state index in [2.05, 4.69) is 57.0 Å². The molecule has 1 aliphatic carbocycles. The van der Waals surface area contributed by atoms with Crippen molar-refractivity contribution in [3.8, 4) is 0 Å². The summed E-state index contributed by atoms with van der Waals surface area (Å²) < 4.78 is 1.14. The van der Waals surface area contributed by atoms with Crippen LogP contribution in [-0.2, 0) is 6.42 Å². The van der Waals surface area contributed by atoms with Crippen LogP contribution in [0.2, 0.25) is 0 Å². The summed E-state index contributed by atoms with van der Waals surface area (Å²) in [4.78, 5) is 6.70. The molecule has 3 nitrogen and oxygen atoms in total. The number of hydrogen-bond acceptors (Lipinski definition) is 1. The molecule has 1 aromatic carbocycles. The number of hydrogen-bond donors (Lipinski definition) is 1. The Hall–Kier alpha value is -1.03. The maximum absolute atomic E-state index is 6.05. The molecule has 1 unspecified atom stereocenters. The van der Waals surface area contributed by atoms with Crippen molar-refractivity contribution >= 4 is 21.9 Å². The van der Waals surface area contributed by atoms with E-state index in [0.717, 1.165) is 23.9 Å². The van der Waals surface area contributed by atoms with Crippen LogP contribution in [0.4, 0.5) is 0 Å². The van der Waals surface area contributed by atoms with Crippen LogP contribution in [0.25, 0.3) is 0 Å². The molecule has 0 saturated heterocycles. The molecule has 0 heterocycles. The maximum atomic E-state index is 6.05. The van der Waals surface area contributed by atoms with Crippen LogP contribution in [0.3, 0.4) is 0 Å². The Morgan fingerprint density at radius 2 is 2.25 bits per heavy atom. The van der Waals surface area contributed by atoms with E-state index in [1.54, 1.807) is 0 Å². The highest BCUT2D eigenvalue weighted by molar-refractivity contribution is 9.10. The molecule has 0 spiro atoms. The second-order valence-corrected chi connectivity index (χ2v) is 6.56. The van der Waals surface area contributed by atoms with Gasteiger partial charge >= 0.3 is 0 Å². The van der Waals surface area contributed by atoms with Crippen LogP contribution in [0.15, 0.2) is 33.7 Å². The largest absolute Gasteiger partial charge is 0.370 e. The lowest BCUT2D eigenvalue weighted by Crippen LogP contribution is -2.36. The highest BCUT2D eigenvalue weighted by Crippen LogP contribution is 2.25. The van der Waals surface area contributed by atoms with E-state index in [1.165, 1.54) is 18.4 Å². The number of nitrogens with zero attached hydrogens (tertiary/aromatic N) is 2. The predicted molar refractivity (Wildman–Crippen MR) is 88.9 cm³/mol. The van der Waals surface area contributed by atoms with Gasteiger partial charge in [-0.3, -0.25) is 4.99 Å². The molecule has 0 aromatic heterocycles. The number of nitrogens with two attached hydrogens (primary N) is 1. The molecular formula is C16H24BrN3. The van der Waals surface area contributed by atoms with Crippen LogP contribution in [0.5, 0.6) is 0 Å². The molecule has 0 aliphatic heterocycles. The fourth-order valence-corrected chi connectivity index (χ4v) is 2.76. The summed E-state index contributed by atoms with van der Waals surface area (Å²) in [6.07, 6.45) is 4.68. The minimum Gasteiger partial charge on any atom is -0.370 e. The zero-order valence-corrected chi connectivity index (χ0v) is 13.9. The normalized spacial score (nSPS) is 17.1. The monoisotopic (exact) mass is 337 g/mol. The lowest BCUT2D eigenvalue weighted by molar-refractivity contribution is 0.474. The van der Waals surface area contributed by atoms with Gasteiger partial charge in [0.05, 0.1) is 0 Å². The number of rotatable bonds is 6. The molecule has 0 radical (unpaired) electrons. The quantitative estimate of drug-likeness (QED) is 0.638. The van der Waals surface area contributed by atoms with Crippen LogP contribution in [0.1, 0.15) is 31.7 Å². The lowest BCUT2D eigenvalue weighted by Gasteiger charge is -2.19. The first-order valence-corrected chi connectivity index (χ1v) is 8.16. The van der Waals surface area contributed by atoms with Gasteiger partial charge in [0.25, 0.3) is 0 Å². The fraction of sp³-hybridized carbons (Fsp3) is 0.562. The summed E-state index contributed by atoms with van der Waals surface area (Å²) in [5, 5.41) is 0. The van der Waals surface area contributed by atoms with Gasteiger partial charge < -0.3 is 10.6 Å². The summed E-state index contributed by atoms with van der Waals surface area (Å²) in [7, 11) is 2.05. The molecule has 110 valence electrons. The molecule has 1 fully saturated rings. The first kappa shape index (κ1) is 15.4. The van der Waals surface area contributed by atoms with Gasteiger partial charge in [-0.05, 0) is 42.9 Å². The van der Waals surface area contributed by atoms with Crippen molar-refractivity contribution in [3.05, 3.63) is 34.3 Å². The molecule has 20 heavy (non-hydrogen) atoms. The van der Waals surface area contributed by atoms with Crippen molar-refractivity contribution < 1.29 is 0 Å². The standard InChI is InChI=1S/C16H24BrN3/c1-3-12(9-13-5-4-6-14(17)10-13)11-19-16(18)20(2)15-7-8-15/h4-6,10,12,15H,3,7-9,11H2,1-2H3,(H2,18,19). The average Bonchev–Trinajstić information content (AvgIpc) is 3.26. The number of halogens is 1. The lowest BCUT2D eigenvalue weighted by atomic mass is 9.97. The Balaban J connectivity index is 1.90. The minimum absolute atomic E-state index is 0.551. The van der Waals surface area contributed by atoms with Gasteiger partial charge in [-0.1, -0.05) is 41.4 Å². The first-order valence-electron chi connectivity index (χ1n) is 7.37. The van der Waals surface area contributed by atoms with Crippen molar-refractivity contribution in [3.63, 3.8) is 0 Å². The van der Waals surface area contributed by atoms with Crippen LogP contribution in [-0.4, -0.2) is 30.5 Å². The fourth-order valence-electron chi connectivity index (χ4n) is 2.32. The zero-order chi connectivity index (χ0) is 14.5. The highest BCUT2D eigenvalue weighted by atomic mass is 79.9. The zero-order valence-electron chi connectivity index (χ0n) is 12.3. The summed E-state index contributed by atoms with van der Waals surface area (Å²) in [5.41, 5.74) is 7.40. The highest BCUT2D eigenvalue weighted by Gasteiger charge is 2.27. The van der Waals surface area contributed by atoms with Crippen LogP contribution in [0, 0.1) is 5.92 Å². The van der Waals surface area contributed by atoms with Crippen LogP contribution < -0.4 is 5.73 Å². The van der Waals surface area contributed by atoms with Gasteiger partial charge in [0.1, 0.15) is 0 Å². The number of guanidine groups is 1. The summed E-state index contributed by atoms with van der Waals surface area (Å²) in [6, 6.07) is 9.14. The Labute approximate surface area is 130 Å². The average molecular weight is 338 g/mol. The van der Waals surface area contributed by atoms with Gasteiger partial charge in [0.2, 0.25) is 0 Å². The number of benzene rings is 1. The molecule has 0 amide bonds. The van der Waals surface area contributed by atoms with Crippen molar-refractivity contribution in [2.45, 2.75) is 38.6 Å². The molecule has 1 aromatic rings. The van der Waals surface area contributed by atoms with E-state index in [4.69, 9.17) is 5.73 Å². The van der Waals surface area contributed by atoms with E-state index >= 15 is 0 Å². The molecule has 0 bridgehead atoms. The van der Waals surface area contributed by atoms with E-state index in [9.17, 15) is 0 Å². The molecule has 1 aliphatic rings. The SMILES string of the molecule is CCC(CN=C(N)N(C)C1CC1)Cc1cccc(Br)c1. The van der Waals surface area contributed by atoms with Gasteiger partial charge in [-0.15, -0.1) is 0 Å². The predicted octanol–water partition coefficient (Wildman–Crippen LogP) is 3.43. The summed E-state index contributed by atoms with van der Waals surface area (Å²) >= 11 is 3.52. The van der Waals surface area contributed by atoms with E-state index < -0.39 is 0 Å². The molecule has 2 N–H and O–H groups in total. The topological polar surface area (TPSA) is 41.6 Å². The van der Waals surface area contributed by atoms with Gasteiger partial charge in [-0.2, -0.15) is 0 Å². The van der Waals surface area contributed by atoms with Crippen molar-refractivity contribution in [1.29, 1.82) is 0 Å². The van der Waals surface area contributed by atoms with E-state index in [-0.39, 0.29) is 0 Å². The molecule has 4 heteroatoms.